The molecule has 3 amide bonds. The maximum Gasteiger partial charge on any atom is 0.408 e. The Morgan fingerprint density at radius 1 is 0.905 bits per heavy atom. The van der Waals surface area contributed by atoms with Gasteiger partial charge in [0.05, 0.1) is 17.3 Å². The summed E-state index contributed by atoms with van der Waals surface area (Å²) < 4.78 is 5.47. The van der Waals surface area contributed by atoms with Gasteiger partial charge in [0.25, 0.3) is 5.91 Å². The normalized spacial score (nSPS) is 12.7. The van der Waals surface area contributed by atoms with E-state index in [1.807, 2.05) is 75.4 Å². The summed E-state index contributed by atoms with van der Waals surface area (Å²) in [7, 11) is 0. The van der Waals surface area contributed by atoms with Gasteiger partial charge in [-0.25, -0.2) is 4.79 Å². The molecule has 0 heterocycles. The van der Waals surface area contributed by atoms with Crippen LogP contribution in [-0.4, -0.2) is 52.7 Å². The van der Waals surface area contributed by atoms with Crippen LogP contribution < -0.4 is 10.6 Å². The minimum absolute atomic E-state index is 0.144. The van der Waals surface area contributed by atoms with Gasteiger partial charge in [0, 0.05) is 13.0 Å². The molecule has 0 radical (unpaired) electrons. The molecule has 0 saturated heterocycles. The van der Waals surface area contributed by atoms with Crippen molar-refractivity contribution in [2.75, 3.05) is 18.5 Å². The lowest BCUT2D eigenvalue weighted by molar-refractivity contribution is -0.141. The van der Waals surface area contributed by atoms with Crippen LogP contribution in [0.3, 0.4) is 0 Å². The predicted octanol–water partition coefficient (Wildman–Crippen LogP) is 5.90. The average Bonchev–Trinajstić information content (AvgIpc) is 2.91. The van der Waals surface area contributed by atoms with Gasteiger partial charge in [0.1, 0.15) is 17.7 Å². The van der Waals surface area contributed by atoms with Crippen LogP contribution in [0.1, 0.15) is 54.6 Å². The predicted molar refractivity (Wildman–Crippen MR) is 166 cm³/mol. The molecule has 42 heavy (non-hydrogen) atoms. The Kier molecular flexibility index (Phi) is 11.1. The lowest BCUT2D eigenvalue weighted by Crippen LogP contribution is -2.54. The first-order chi connectivity index (χ1) is 19.8. The van der Waals surface area contributed by atoms with E-state index in [4.69, 9.17) is 16.3 Å². The van der Waals surface area contributed by atoms with Crippen LogP contribution in [0.25, 0.3) is 0 Å². The molecular formula is C33H40ClN3O5. The van der Waals surface area contributed by atoms with Crippen LogP contribution in [0.2, 0.25) is 5.02 Å². The van der Waals surface area contributed by atoms with Gasteiger partial charge in [-0.2, -0.15) is 0 Å². The zero-order chi connectivity index (χ0) is 31.0. The standard InChI is InChI=1S/C33H40ClN3O5/c1-21-12-10-13-22(2)27(21)29(30(39)36-28-23(3)14-11-17-25(28)34)37(18-19-38)31(40)26(20-24-15-8-7-9-16-24)35-32(41)42-33(4,5)6/h7-17,26,29,38H,18-20H2,1-6H3,(H,35,41)(H,36,39). The second-order valence-electron chi connectivity index (χ2n) is 11.3. The Morgan fingerprint density at radius 2 is 1.50 bits per heavy atom. The van der Waals surface area contributed by atoms with E-state index >= 15 is 0 Å². The number of alkyl carbamates (subject to hydrolysis) is 1. The molecule has 3 aromatic carbocycles. The van der Waals surface area contributed by atoms with Crippen LogP contribution in [0, 0.1) is 20.8 Å². The van der Waals surface area contributed by atoms with Gasteiger partial charge in [0.15, 0.2) is 0 Å². The molecular weight excluding hydrogens is 554 g/mol. The summed E-state index contributed by atoms with van der Waals surface area (Å²) in [6.45, 7) is 10.2. The van der Waals surface area contributed by atoms with E-state index in [1.165, 1.54) is 4.90 Å². The zero-order valence-corrected chi connectivity index (χ0v) is 25.8. The molecule has 9 heteroatoms. The fourth-order valence-electron chi connectivity index (χ4n) is 4.84. The maximum atomic E-state index is 14.4. The quantitative estimate of drug-likeness (QED) is 0.271. The Balaban J connectivity index is 2.11. The van der Waals surface area contributed by atoms with Gasteiger partial charge < -0.3 is 25.4 Å². The average molecular weight is 594 g/mol. The fraction of sp³-hybridized carbons (Fsp3) is 0.364. The summed E-state index contributed by atoms with van der Waals surface area (Å²) in [5.41, 5.74) is 3.41. The van der Waals surface area contributed by atoms with Gasteiger partial charge >= 0.3 is 6.09 Å². The minimum Gasteiger partial charge on any atom is -0.444 e. The highest BCUT2D eigenvalue weighted by molar-refractivity contribution is 6.34. The summed E-state index contributed by atoms with van der Waals surface area (Å²) in [6.07, 6.45) is -0.619. The van der Waals surface area contributed by atoms with E-state index in [0.717, 1.165) is 22.3 Å². The van der Waals surface area contributed by atoms with E-state index in [9.17, 15) is 19.5 Å². The van der Waals surface area contributed by atoms with Crippen LogP contribution in [-0.2, 0) is 20.7 Å². The highest BCUT2D eigenvalue weighted by Crippen LogP contribution is 2.32. The molecule has 0 aromatic heterocycles. The largest absolute Gasteiger partial charge is 0.444 e. The first kappa shape index (κ1) is 32.6. The van der Waals surface area contributed by atoms with Gasteiger partial charge in [-0.3, -0.25) is 9.59 Å². The highest BCUT2D eigenvalue weighted by atomic mass is 35.5. The fourth-order valence-corrected chi connectivity index (χ4v) is 5.11. The number of hydrogen-bond donors (Lipinski definition) is 3. The number of anilines is 1. The topological polar surface area (TPSA) is 108 Å². The van der Waals surface area contributed by atoms with Crippen molar-refractivity contribution < 1.29 is 24.2 Å². The number of rotatable bonds is 10. The Hall–Kier alpha value is -3.88. The number of benzene rings is 3. The third-order valence-corrected chi connectivity index (χ3v) is 7.06. The first-order valence-electron chi connectivity index (χ1n) is 13.9. The van der Waals surface area contributed by atoms with E-state index in [0.29, 0.717) is 16.3 Å². The lowest BCUT2D eigenvalue weighted by atomic mass is 9.93. The van der Waals surface area contributed by atoms with Crippen LogP contribution in [0.15, 0.2) is 66.7 Å². The smallest absolute Gasteiger partial charge is 0.408 e. The zero-order valence-electron chi connectivity index (χ0n) is 25.0. The molecule has 8 nitrogen and oxygen atoms in total. The van der Waals surface area contributed by atoms with E-state index in [2.05, 4.69) is 10.6 Å². The van der Waals surface area contributed by atoms with Gasteiger partial charge in [0.2, 0.25) is 5.91 Å². The third-order valence-electron chi connectivity index (χ3n) is 6.74. The van der Waals surface area contributed by atoms with Gasteiger partial charge in [-0.05, 0) is 75.4 Å². The number of nitrogens with zero attached hydrogens (tertiary/aromatic N) is 1. The number of hydrogen-bond acceptors (Lipinski definition) is 5. The molecule has 2 atom stereocenters. The van der Waals surface area contributed by atoms with E-state index in [1.54, 1.807) is 32.9 Å². The first-order valence-corrected chi connectivity index (χ1v) is 14.3. The van der Waals surface area contributed by atoms with Crippen molar-refractivity contribution in [2.45, 2.75) is 65.6 Å². The van der Waals surface area contributed by atoms with Crippen molar-refractivity contribution in [3.63, 3.8) is 0 Å². The van der Waals surface area contributed by atoms with E-state index < -0.39 is 42.2 Å². The minimum atomic E-state index is -1.14. The molecule has 0 fully saturated rings. The molecule has 0 bridgehead atoms. The Bertz CT molecular complexity index is 1360. The number of aryl methyl sites for hydroxylation is 3. The number of carbonyl (C=O) groups excluding carboxylic acids is 3. The second kappa shape index (κ2) is 14.3. The molecule has 3 rings (SSSR count). The molecule has 3 aromatic rings. The molecule has 0 aliphatic heterocycles. The van der Waals surface area contributed by atoms with Crippen molar-refractivity contribution in [1.29, 1.82) is 0 Å². The number of halogens is 1. The lowest BCUT2D eigenvalue weighted by Gasteiger charge is -2.35. The molecule has 3 N–H and O–H groups in total. The molecule has 224 valence electrons. The number of para-hydroxylation sites is 1. The number of carbonyl (C=O) groups is 3. The van der Waals surface area contributed by atoms with Crippen LogP contribution >= 0.6 is 11.6 Å². The van der Waals surface area contributed by atoms with Crippen LogP contribution in [0.4, 0.5) is 10.5 Å². The van der Waals surface area contributed by atoms with E-state index in [-0.39, 0.29) is 13.0 Å². The monoisotopic (exact) mass is 593 g/mol. The number of amides is 3. The Labute approximate surface area is 253 Å². The van der Waals surface area contributed by atoms with Crippen molar-refractivity contribution in [1.82, 2.24) is 10.2 Å². The summed E-state index contributed by atoms with van der Waals surface area (Å²) in [5, 5.41) is 16.1. The molecule has 0 saturated carbocycles. The summed E-state index contributed by atoms with van der Waals surface area (Å²) in [5.74, 6) is -1.04. The Morgan fingerprint density at radius 3 is 2.07 bits per heavy atom. The van der Waals surface area contributed by atoms with Crippen molar-refractivity contribution in [3.05, 3.63) is 99.6 Å². The number of aliphatic hydroxyl groups excluding tert-OH is 1. The summed E-state index contributed by atoms with van der Waals surface area (Å²) in [6, 6.07) is 17.9. The van der Waals surface area contributed by atoms with Crippen molar-refractivity contribution in [3.8, 4) is 0 Å². The number of nitrogens with one attached hydrogen (secondary N) is 2. The van der Waals surface area contributed by atoms with Crippen molar-refractivity contribution >= 4 is 35.2 Å². The molecule has 0 aliphatic rings. The van der Waals surface area contributed by atoms with Crippen LogP contribution in [0.5, 0.6) is 0 Å². The number of aliphatic hydroxyl groups is 1. The highest BCUT2D eigenvalue weighted by Gasteiger charge is 2.38. The summed E-state index contributed by atoms with van der Waals surface area (Å²) >= 11 is 6.44. The SMILES string of the molecule is Cc1cccc(Cl)c1NC(=O)C(c1c(C)cccc1C)N(CCO)C(=O)C(Cc1ccccc1)NC(=O)OC(C)(C)C. The number of ether oxygens (including phenoxy) is 1. The van der Waals surface area contributed by atoms with Gasteiger partial charge in [-0.15, -0.1) is 0 Å². The molecule has 2 unspecified atom stereocenters. The second-order valence-corrected chi connectivity index (χ2v) is 11.7. The maximum absolute atomic E-state index is 14.4. The molecule has 0 spiro atoms. The van der Waals surface area contributed by atoms with Gasteiger partial charge in [-0.1, -0.05) is 72.3 Å². The van der Waals surface area contributed by atoms with Crippen molar-refractivity contribution in [2.24, 2.45) is 0 Å². The molecule has 0 aliphatic carbocycles. The summed E-state index contributed by atoms with van der Waals surface area (Å²) in [4.78, 5) is 42.8. The third kappa shape index (κ3) is 8.57.